The summed E-state index contributed by atoms with van der Waals surface area (Å²) < 4.78 is 0. The van der Waals surface area contributed by atoms with Gasteiger partial charge in [-0.1, -0.05) is 24.6 Å². The molecule has 1 aromatic rings. The van der Waals surface area contributed by atoms with Crippen molar-refractivity contribution >= 4 is 35.6 Å². The number of piperazine rings is 1. The number of aryl methyl sites for hydroxylation is 1. The number of nitrogens with one attached hydrogen (secondary N) is 1. The molecule has 1 aromatic carbocycles. The highest BCUT2D eigenvalue weighted by atomic mass is 127. The summed E-state index contributed by atoms with van der Waals surface area (Å²) in [6.07, 6.45) is 0. The number of halogens is 1. The van der Waals surface area contributed by atoms with Gasteiger partial charge in [-0.15, -0.1) is 24.0 Å². The predicted octanol–water partition coefficient (Wildman–Crippen LogP) is 1.98. The van der Waals surface area contributed by atoms with Gasteiger partial charge in [0.15, 0.2) is 5.96 Å². The monoisotopic (exact) mass is 417 g/mol. The second-order valence-corrected chi connectivity index (χ2v) is 5.53. The summed E-state index contributed by atoms with van der Waals surface area (Å²) in [5.74, 6) is 0.492. The van der Waals surface area contributed by atoms with E-state index in [0.29, 0.717) is 5.96 Å². The second-order valence-electron chi connectivity index (χ2n) is 5.53. The van der Waals surface area contributed by atoms with Crippen LogP contribution in [0.2, 0.25) is 0 Å². The molecule has 0 saturated carbocycles. The average molecular weight is 417 g/mol. The van der Waals surface area contributed by atoms with Crippen molar-refractivity contribution in [3.8, 4) is 0 Å². The van der Waals surface area contributed by atoms with Crippen LogP contribution in [0.1, 0.15) is 12.5 Å². The summed E-state index contributed by atoms with van der Waals surface area (Å²) in [6.45, 7) is 11.8. The normalized spacial score (nSPS) is 17.1. The van der Waals surface area contributed by atoms with E-state index in [1.54, 1.807) is 0 Å². The van der Waals surface area contributed by atoms with Crippen molar-refractivity contribution in [3.63, 3.8) is 0 Å². The fourth-order valence-electron chi connectivity index (χ4n) is 2.47. The van der Waals surface area contributed by atoms with Gasteiger partial charge < -0.3 is 16.0 Å². The molecule has 1 aliphatic rings. The van der Waals surface area contributed by atoms with Crippen molar-refractivity contribution in [1.29, 1.82) is 0 Å². The molecule has 0 unspecified atom stereocenters. The van der Waals surface area contributed by atoms with Crippen LogP contribution in [0.15, 0.2) is 29.3 Å². The molecule has 0 aliphatic carbocycles. The van der Waals surface area contributed by atoms with E-state index in [9.17, 15) is 0 Å². The molecular formula is C16H28IN5. The zero-order valence-corrected chi connectivity index (χ0v) is 15.9. The third-order valence-corrected chi connectivity index (χ3v) is 3.93. The van der Waals surface area contributed by atoms with Gasteiger partial charge in [0, 0.05) is 38.4 Å². The van der Waals surface area contributed by atoms with Crippen LogP contribution in [-0.2, 0) is 0 Å². The molecule has 124 valence electrons. The van der Waals surface area contributed by atoms with Crippen LogP contribution in [0.3, 0.4) is 0 Å². The number of aliphatic imine (C=N–C) groups is 1. The number of nitrogens with two attached hydrogens (primary N) is 1. The minimum atomic E-state index is 0. The Morgan fingerprint density at radius 2 is 1.73 bits per heavy atom. The Hall–Kier alpha value is -0.860. The molecule has 1 aliphatic heterocycles. The summed E-state index contributed by atoms with van der Waals surface area (Å²) in [4.78, 5) is 9.34. The third-order valence-electron chi connectivity index (χ3n) is 3.93. The van der Waals surface area contributed by atoms with Gasteiger partial charge in [-0.3, -0.25) is 9.89 Å². The molecule has 0 amide bonds. The van der Waals surface area contributed by atoms with Crippen molar-refractivity contribution < 1.29 is 0 Å². The van der Waals surface area contributed by atoms with Crippen molar-refractivity contribution in [2.24, 2.45) is 10.7 Å². The van der Waals surface area contributed by atoms with Gasteiger partial charge in [0.1, 0.15) is 0 Å². The number of benzene rings is 1. The molecule has 0 atom stereocenters. The zero-order valence-electron chi connectivity index (χ0n) is 13.6. The number of likely N-dealkylation sites (N-methyl/N-ethyl adjacent to an activating group) is 1. The maximum Gasteiger partial charge on any atom is 0.193 e. The molecule has 0 spiro atoms. The van der Waals surface area contributed by atoms with Crippen molar-refractivity contribution in [3.05, 3.63) is 29.8 Å². The van der Waals surface area contributed by atoms with E-state index >= 15 is 0 Å². The smallest absolute Gasteiger partial charge is 0.193 e. The molecule has 1 heterocycles. The summed E-state index contributed by atoms with van der Waals surface area (Å²) in [5, 5.41) is 3.12. The van der Waals surface area contributed by atoms with E-state index in [-0.39, 0.29) is 24.0 Å². The second kappa shape index (κ2) is 10.0. The fraction of sp³-hybridized carbons (Fsp3) is 0.562. The van der Waals surface area contributed by atoms with Crippen LogP contribution >= 0.6 is 24.0 Å². The van der Waals surface area contributed by atoms with E-state index < -0.39 is 0 Å². The Morgan fingerprint density at radius 1 is 1.14 bits per heavy atom. The summed E-state index contributed by atoms with van der Waals surface area (Å²) >= 11 is 0. The Bertz CT molecular complexity index is 452. The first-order chi connectivity index (χ1) is 10.2. The lowest BCUT2D eigenvalue weighted by atomic mass is 10.2. The maximum atomic E-state index is 5.92. The van der Waals surface area contributed by atoms with Gasteiger partial charge >= 0.3 is 0 Å². The topological polar surface area (TPSA) is 56.9 Å². The minimum absolute atomic E-state index is 0. The lowest BCUT2D eigenvalue weighted by molar-refractivity contribution is 0.140. The van der Waals surface area contributed by atoms with E-state index in [1.807, 2.05) is 12.1 Å². The highest BCUT2D eigenvalue weighted by Crippen LogP contribution is 2.07. The molecule has 0 aromatic heterocycles. The Labute approximate surface area is 151 Å². The molecule has 3 N–H and O–H groups in total. The Morgan fingerprint density at radius 3 is 2.32 bits per heavy atom. The van der Waals surface area contributed by atoms with E-state index in [0.717, 1.165) is 51.5 Å². The van der Waals surface area contributed by atoms with Crippen molar-refractivity contribution in [2.45, 2.75) is 13.8 Å². The number of nitrogens with zero attached hydrogens (tertiary/aromatic N) is 3. The molecule has 6 heteroatoms. The number of anilines is 1. The van der Waals surface area contributed by atoms with Gasteiger partial charge in [-0.05, 0) is 25.6 Å². The molecule has 1 saturated heterocycles. The quantitative estimate of drug-likeness (QED) is 0.437. The first-order valence-corrected chi connectivity index (χ1v) is 7.75. The standard InChI is InChI=1S/C16H27N5.HI/c1-3-20-10-12-21(13-11-20)9-8-18-16(17)19-15-6-4-14(2)5-7-15;/h4-7H,3,8-13H2,1-2H3,(H3,17,18,19);1H. The molecule has 1 fully saturated rings. The van der Waals surface area contributed by atoms with Gasteiger partial charge in [0.2, 0.25) is 0 Å². The molecule has 22 heavy (non-hydrogen) atoms. The number of rotatable bonds is 5. The van der Waals surface area contributed by atoms with Gasteiger partial charge in [-0.25, -0.2) is 0 Å². The largest absolute Gasteiger partial charge is 0.370 e. The van der Waals surface area contributed by atoms with Crippen LogP contribution in [0.5, 0.6) is 0 Å². The van der Waals surface area contributed by atoms with E-state index in [1.165, 1.54) is 5.56 Å². The Kier molecular flexibility index (Phi) is 8.74. The van der Waals surface area contributed by atoms with Gasteiger partial charge in [-0.2, -0.15) is 0 Å². The zero-order chi connectivity index (χ0) is 15.1. The SMILES string of the molecule is CCN1CCN(CCN=C(N)Nc2ccc(C)cc2)CC1.I. The number of hydrogen-bond donors (Lipinski definition) is 2. The molecule has 0 radical (unpaired) electrons. The molecular weight excluding hydrogens is 389 g/mol. The van der Waals surface area contributed by atoms with Crippen molar-refractivity contribution in [1.82, 2.24) is 9.80 Å². The molecule has 5 nitrogen and oxygen atoms in total. The van der Waals surface area contributed by atoms with Crippen LogP contribution < -0.4 is 11.1 Å². The third kappa shape index (κ3) is 6.50. The summed E-state index contributed by atoms with van der Waals surface area (Å²) in [6, 6.07) is 8.15. The Balaban J connectivity index is 0.00000242. The van der Waals surface area contributed by atoms with Crippen LogP contribution in [-0.4, -0.2) is 61.6 Å². The van der Waals surface area contributed by atoms with Gasteiger partial charge in [0.25, 0.3) is 0 Å². The summed E-state index contributed by atoms with van der Waals surface area (Å²) in [7, 11) is 0. The molecule has 2 rings (SSSR count). The first-order valence-electron chi connectivity index (χ1n) is 7.75. The van der Waals surface area contributed by atoms with E-state index in [4.69, 9.17) is 5.73 Å². The minimum Gasteiger partial charge on any atom is -0.370 e. The van der Waals surface area contributed by atoms with Gasteiger partial charge in [0.05, 0.1) is 6.54 Å². The highest BCUT2D eigenvalue weighted by Gasteiger charge is 2.14. The number of guanidine groups is 1. The van der Waals surface area contributed by atoms with Crippen LogP contribution in [0, 0.1) is 6.92 Å². The summed E-state index contributed by atoms with van der Waals surface area (Å²) in [5.41, 5.74) is 8.14. The number of hydrogen-bond acceptors (Lipinski definition) is 3. The maximum absolute atomic E-state index is 5.92. The lowest BCUT2D eigenvalue weighted by Crippen LogP contribution is -2.46. The first kappa shape index (κ1) is 19.2. The molecule has 0 bridgehead atoms. The van der Waals surface area contributed by atoms with E-state index in [2.05, 4.69) is 46.1 Å². The highest BCUT2D eigenvalue weighted by molar-refractivity contribution is 14.0. The van der Waals surface area contributed by atoms with Crippen LogP contribution in [0.25, 0.3) is 0 Å². The van der Waals surface area contributed by atoms with Crippen LogP contribution in [0.4, 0.5) is 5.69 Å². The van der Waals surface area contributed by atoms with Crippen molar-refractivity contribution in [2.75, 3.05) is 51.1 Å². The lowest BCUT2D eigenvalue weighted by Gasteiger charge is -2.33. The predicted molar refractivity (Wildman–Crippen MR) is 105 cm³/mol. The average Bonchev–Trinajstić information content (AvgIpc) is 2.50. The fourth-order valence-corrected chi connectivity index (χ4v) is 2.47.